The second kappa shape index (κ2) is 6.12. The number of benzene rings is 1. The van der Waals surface area contributed by atoms with Crippen LogP contribution in [0.15, 0.2) is 24.3 Å². The molecule has 3 atom stereocenters. The van der Waals surface area contributed by atoms with Crippen molar-refractivity contribution in [3.8, 4) is 5.75 Å². The smallest absolute Gasteiger partial charge is 0.122 e. The maximum Gasteiger partial charge on any atom is 0.122 e. The van der Waals surface area contributed by atoms with E-state index in [1.54, 1.807) is 0 Å². The molecule has 1 aliphatic carbocycles. The molecule has 4 nitrogen and oxygen atoms in total. The zero-order valence-electron chi connectivity index (χ0n) is 12.5. The molecule has 1 aliphatic rings. The SMILES string of the molecule is Cc1ccccc1OCC(O)CNC1CC(O)C1(C)C. The monoisotopic (exact) mass is 279 g/mol. The Morgan fingerprint density at radius 2 is 2.10 bits per heavy atom. The highest BCUT2D eigenvalue weighted by Crippen LogP contribution is 2.40. The number of para-hydroxylation sites is 1. The van der Waals surface area contributed by atoms with Crippen molar-refractivity contribution in [2.45, 2.75) is 45.4 Å². The van der Waals surface area contributed by atoms with Crippen molar-refractivity contribution >= 4 is 0 Å². The summed E-state index contributed by atoms with van der Waals surface area (Å²) in [5.74, 6) is 0.811. The lowest BCUT2D eigenvalue weighted by molar-refractivity contribution is -0.0755. The van der Waals surface area contributed by atoms with Gasteiger partial charge in [0.25, 0.3) is 0 Å². The van der Waals surface area contributed by atoms with Gasteiger partial charge in [-0.25, -0.2) is 0 Å². The van der Waals surface area contributed by atoms with E-state index in [4.69, 9.17) is 4.74 Å². The molecular weight excluding hydrogens is 254 g/mol. The van der Waals surface area contributed by atoms with Gasteiger partial charge in [-0.2, -0.15) is 0 Å². The van der Waals surface area contributed by atoms with Crippen molar-refractivity contribution in [2.24, 2.45) is 5.41 Å². The van der Waals surface area contributed by atoms with Crippen LogP contribution >= 0.6 is 0 Å². The van der Waals surface area contributed by atoms with E-state index < -0.39 is 6.10 Å². The summed E-state index contributed by atoms with van der Waals surface area (Å²) in [6, 6.07) is 8.03. The quantitative estimate of drug-likeness (QED) is 0.738. The fraction of sp³-hybridized carbons (Fsp3) is 0.625. The molecule has 4 heteroatoms. The normalized spacial score (nSPS) is 25.9. The largest absolute Gasteiger partial charge is 0.491 e. The molecule has 3 N–H and O–H groups in total. The minimum Gasteiger partial charge on any atom is -0.491 e. The second-order valence-electron chi connectivity index (χ2n) is 6.26. The van der Waals surface area contributed by atoms with Crippen LogP contribution in [0.4, 0.5) is 0 Å². The third kappa shape index (κ3) is 3.32. The van der Waals surface area contributed by atoms with E-state index in [1.165, 1.54) is 0 Å². The number of nitrogens with one attached hydrogen (secondary N) is 1. The summed E-state index contributed by atoms with van der Waals surface area (Å²) >= 11 is 0. The molecule has 0 saturated heterocycles. The van der Waals surface area contributed by atoms with Gasteiger partial charge in [-0.3, -0.25) is 0 Å². The third-order valence-corrected chi connectivity index (χ3v) is 4.34. The van der Waals surface area contributed by atoms with Crippen LogP contribution in [-0.4, -0.2) is 41.6 Å². The van der Waals surface area contributed by atoms with Crippen LogP contribution in [0.3, 0.4) is 0 Å². The number of aryl methyl sites for hydroxylation is 1. The Morgan fingerprint density at radius 3 is 2.70 bits per heavy atom. The summed E-state index contributed by atoms with van der Waals surface area (Å²) in [5, 5.41) is 22.9. The Labute approximate surface area is 120 Å². The van der Waals surface area contributed by atoms with Crippen LogP contribution in [-0.2, 0) is 0 Å². The van der Waals surface area contributed by atoms with Crippen molar-refractivity contribution in [1.29, 1.82) is 0 Å². The molecule has 112 valence electrons. The lowest BCUT2D eigenvalue weighted by Gasteiger charge is -2.49. The van der Waals surface area contributed by atoms with E-state index in [9.17, 15) is 10.2 Å². The fourth-order valence-corrected chi connectivity index (χ4v) is 2.49. The van der Waals surface area contributed by atoms with Gasteiger partial charge >= 0.3 is 0 Å². The van der Waals surface area contributed by atoms with E-state index in [1.807, 2.05) is 45.0 Å². The molecule has 1 aromatic carbocycles. The zero-order chi connectivity index (χ0) is 14.8. The van der Waals surface area contributed by atoms with Crippen molar-refractivity contribution in [3.63, 3.8) is 0 Å². The summed E-state index contributed by atoms with van der Waals surface area (Å²) in [5.41, 5.74) is 0.951. The van der Waals surface area contributed by atoms with Crippen LogP contribution in [0, 0.1) is 12.3 Å². The molecule has 0 heterocycles. The van der Waals surface area contributed by atoms with Gasteiger partial charge < -0.3 is 20.3 Å². The van der Waals surface area contributed by atoms with Gasteiger partial charge in [-0.15, -0.1) is 0 Å². The van der Waals surface area contributed by atoms with Crippen molar-refractivity contribution in [2.75, 3.05) is 13.2 Å². The van der Waals surface area contributed by atoms with Crippen molar-refractivity contribution in [3.05, 3.63) is 29.8 Å². The van der Waals surface area contributed by atoms with Crippen LogP contribution < -0.4 is 10.1 Å². The molecule has 20 heavy (non-hydrogen) atoms. The first kappa shape index (κ1) is 15.3. The van der Waals surface area contributed by atoms with Crippen LogP contribution in [0.1, 0.15) is 25.8 Å². The Morgan fingerprint density at radius 1 is 1.40 bits per heavy atom. The van der Waals surface area contributed by atoms with Gasteiger partial charge in [0.05, 0.1) is 6.10 Å². The van der Waals surface area contributed by atoms with Crippen LogP contribution in [0.2, 0.25) is 0 Å². The zero-order valence-corrected chi connectivity index (χ0v) is 12.5. The third-order valence-electron chi connectivity index (χ3n) is 4.34. The molecule has 0 radical (unpaired) electrons. The topological polar surface area (TPSA) is 61.7 Å². The average Bonchev–Trinajstić information content (AvgIpc) is 2.42. The maximum absolute atomic E-state index is 9.96. The van der Waals surface area contributed by atoms with Gasteiger partial charge in [-0.1, -0.05) is 32.0 Å². The molecular formula is C16H25NO3. The van der Waals surface area contributed by atoms with E-state index in [-0.39, 0.29) is 24.2 Å². The summed E-state index contributed by atoms with van der Waals surface area (Å²) < 4.78 is 5.62. The molecule has 1 saturated carbocycles. The number of aliphatic hydroxyl groups is 2. The summed E-state index contributed by atoms with van der Waals surface area (Å²) in [4.78, 5) is 0. The second-order valence-corrected chi connectivity index (χ2v) is 6.26. The minimum absolute atomic E-state index is 0.114. The Balaban J connectivity index is 1.71. The first-order valence-corrected chi connectivity index (χ1v) is 7.19. The fourth-order valence-electron chi connectivity index (χ4n) is 2.49. The van der Waals surface area contributed by atoms with Crippen LogP contribution in [0.25, 0.3) is 0 Å². The first-order valence-electron chi connectivity index (χ1n) is 7.19. The molecule has 3 unspecified atom stereocenters. The van der Waals surface area contributed by atoms with E-state index >= 15 is 0 Å². The molecule has 1 fully saturated rings. The van der Waals surface area contributed by atoms with Gasteiger partial charge in [0.1, 0.15) is 18.5 Å². The number of aliphatic hydroxyl groups excluding tert-OH is 2. The average molecular weight is 279 g/mol. The highest BCUT2D eigenvalue weighted by molar-refractivity contribution is 5.31. The number of ether oxygens (including phenoxy) is 1. The van der Waals surface area contributed by atoms with E-state index in [2.05, 4.69) is 5.32 Å². The van der Waals surface area contributed by atoms with E-state index in [0.29, 0.717) is 6.54 Å². The number of rotatable bonds is 6. The lowest BCUT2D eigenvalue weighted by atomic mass is 9.64. The van der Waals surface area contributed by atoms with Crippen LogP contribution in [0.5, 0.6) is 5.75 Å². The highest BCUT2D eigenvalue weighted by Gasteiger charge is 2.46. The van der Waals surface area contributed by atoms with Gasteiger partial charge in [0, 0.05) is 18.0 Å². The summed E-state index contributed by atoms with van der Waals surface area (Å²) in [6.07, 6.45) is -0.0539. The highest BCUT2D eigenvalue weighted by atomic mass is 16.5. The lowest BCUT2D eigenvalue weighted by Crippen LogP contribution is -2.61. The van der Waals surface area contributed by atoms with Crippen molar-refractivity contribution < 1.29 is 14.9 Å². The molecule has 0 amide bonds. The number of hydrogen-bond donors (Lipinski definition) is 3. The minimum atomic E-state index is -0.553. The number of hydrogen-bond acceptors (Lipinski definition) is 4. The predicted octanol–water partition coefficient (Wildman–Crippen LogP) is 1.48. The molecule has 1 aromatic rings. The van der Waals surface area contributed by atoms with Gasteiger partial charge in [0.2, 0.25) is 0 Å². The maximum atomic E-state index is 9.96. The summed E-state index contributed by atoms with van der Waals surface area (Å²) in [6.45, 7) is 6.81. The first-order chi connectivity index (χ1) is 9.41. The molecule has 0 spiro atoms. The van der Waals surface area contributed by atoms with E-state index in [0.717, 1.165) is 17.7 Å². The standard InChI is InChI=1S/C16H25NO3/c1-11-6-4-5-7-13(11)20-10-12(18)9-17-14-8-15(19)16(14,2)3/h4-7,12,14-15,17-19H,8-10H2,1-3H3. The van der Waals surface area contributed by atoms with Gasteiger partial charge in [-0.05, 0) is 25.0 Å². The predicted molar refractivity (Wildman–Crippen MR) is 78.9 cm³/mol. The molecule has 0 aliphatic heterocycles. The Hall–Kier alpha value is -1.10. The summed E-state index contributed by atoms with van der Waals surface area (Å²) in [7, 11) is 0. The molecule has 0 bridgehead atoms. The van der Waals surface area contributed by atoms with Crippen molar-refractivity contribution in [1.82, 2.24) is 5.32 Å². The molecule has 0 aromatic heterocycles. The van der Waals surface area contributed by atoms with Gasteiger partial charge in [0.15, 0.2) is 0 Å². The Kier molecular flexibility index (Phi) is 4.68. The Bertz CT molecular complexity index is 447. The molecule has 2 rings (SSSR count).